The average Bonchev–Trinajstić information content (AvgIpc) is 2.91. The Hall–Kier alpha value is -2.86. The molecule has 0 spiro atoms. The van der Waals surface area contributed by atoms with E-state index in [4.69, 9.17) is 14.5 Å². The molecular formula is C27H35N5O5S. The van der Waals surface area contributed by atoms with Gasteiger partial charge in [-0.25, -0.2) is 18.4 Å². The Balaban J connectivity index is 1.32. The number of pyridine rings is 1. The van der Waals surface area contributed by atoms with Crippen LogP contribution in [0.25, 0.3) is 22.3 Å². The van der Waals surface area contributed by atoms with E-state index in [-0.39, 0.29) is 13.2 Å². The van der Waals surface area contributed by atoms with Crippen molar-refractivity contribution in [2.75, 3.05) is 50.5 Å². The van der Waals surface area contributed by atoms with Gasteiger partial charge in [-0.15, -0.1) is 0 Å². The van der Waals surface area contributed by atoms with Crippen LogP contribution in [0.15, 0.2) is 42.7 Å². The zero-order valence-electron chi connectivity index (χ0n) is 22.1. The summed E-state index contributed by atoms with van der Waals surface area (Å²) in [6, 6.07) is 10.2. The number of benzene rings is 1. The highest BCUT2D eigenvalue weighted by atomic mass is 32.2. The number of anilines is 1. The first-order valence-electron chi connectivity index (χ1n) is 13.0. The Kier molecular flexibility index (Phi) is 7.54. The lowest BCUT2D eigenvalue weighted by atomic mass is 9.83. The zero-order chi connectivity index (χ0) is 26.9. The van der Waals surface area contributed by atoms with E-state index in [1.54, 1.807) is 12.4 Å². The first kappa shape index (κ1) is 26.7. The molecule has 1 atom stereocenters. The van der Waals surface area contributed by atoms with Crippen molar-refractivity contribution in [2.24, 2.45) is 5.92 Å². The summed E-state index contributed by atoms with van der Waals surface area (Å²) in [7, 11) is -3.30. The van der Waals surface area contributed by atoms with E-state index in [1.807, 2.05) is 32.0 Å². The third-order valence-corrected chi connectivity index (χ3v) is 8.69. The maximum absolute atomic E-state index is 11.9. The number of aliphatic hydroxyl groups is 1. The van der Waals surface area contributed by atoms with Crippen LogP contribution in [0.2, 0.25) is 0 Å². The lowest BCUT2D eigenvalue weighted by molar-refractivity contribution is -0.0252. The molecule has 0 amide bonds. The summed E-state index contributed by atoms with van der Waals surface area (Å²) in [5.74, 6) is 0.649. The van der Waals surface area contributed by atoms with E-state index < -0.39 is 21.7 Å². The summed E-state index contributed by atoms with van der Waals surface area (Å²) >= 11 is 0. The molecule has 2 fully saturated rings. The molecule has 5 rings (SSSR count). The summed E-state index contributed by atoms with van der Waals surface area (Å²) < 4.78 is 37.1. The Bertz CT molecular complexity index is 1370. The van der Waals surface area contributed by atoms with E-state index in [9.17, 15) is 13.5 Å². The minimum absolute atomic E-state index is 0.147. The molecule has 2 aromatic heterocycles. The van der Waals surface area contributed by atoms with Crippen molar-refractivity contribution in [3.05, 3.63) is 42.7 Å². The zero-order valence-corrected chi connectivity index (χ0v) is 22.9. The number of rotatable bonds is 7. The van der Waals surface area contributed by atoms with Crippen molar-refractivity contribution in [2.45, 2.75) is 38.4 Å². The minimum atomic E-state index is -3.30. The van der Waals surface area contributed by atoms with Gasteiger partial charge in [0.25, 0.3) is 0 Å². The highest BCUT2D eigenvalue weighted by molar-refractivity contribution is 7.88. The Morgan fingerprint density at radius 2 is 1.82 bits per heavy atom. The fourth-order valence-corrected chi connectivity index (χ4v) is 5.99. The first-order valence-corrected chi connectivity index (χ1v) is 14.8. The lowest BCUT2D eigenvalue weighted by Gasteiger charge is -2.38. The molecule has 204 valence electrons. The second-order valence-corrected chi connectivity index (χ2v) is 12.6. The van der Waals surface area contributed by atoms with Crippen LogP contribution < -0.4 is 9.64 Å². The second kappa shape index (κ2) is 10.7. The van der Waals surface area contributed by atoms with Crippen LogP contribution in [0, 0.1) is 5.92 Å². The second-order valence-electron chi connectivity index (χ2n) is 10.6. The smallest absolute Gasteiger partial charge is 0.242 e. The number of fused-ring (bicyclic) bond motifs is 1. The number of ether oxygens (including phenoxy) is 2. The number of sulfonamides is 1. The van der Waals surface area contributed by atoms with E-state index in [1.165, 1.54) is 10.6 Å². The molecule has 0 saturated carbocycles. The molecule has 10 nitrogen and oxygen atoms in total. The molecule has 11 heteroatoms. The van der Waals surface area contributed by atoms with Crippen molar-refractivity contribution >= 4 is 26.7 Å². The van der Waals surface area contributed by atoms with Crippen LogP contribution in [-0.2, 0) is 14.8 Å². The Morgan fingerprint density at radius 1 is 1.11 bits per heavy atom. The maximum Gasteiger partial charge on any atom is 0.242 e. The fourth-order valence-electron chi connectivity index (χ4n) is 5.15. The third-order valence-electron chi connectivity index (χ3n) is 7.42. The Labute approximate surface area is 223 Å². The van der Waals surface area contributed by atoms with Gasteiger partial charge in [-0.1, -0.05) is 12.1 Å². The fraction of sp³-hybridized carbons (Fsp3) is 0.519. The summed E-state index contributed by atoms with van der Waals surface area (Å²) in [4.78, 5) is 16.0. The van der Waals surface area contributed by atoms with Gasteiger partial charge in [-0.05, 0) is 50.8 Å². The normalized spacial score (nSPS) is 20.1. The number of nitrogens with zero attached hydrogens (tertiary/aromatic N) is 5. The molecule has 2 saturated heterocycles. The molecule has 38 heavy (non-hydrogen) atoms. The SMILES string of the molecule is CC(C)(O)C1CCN(c2ccc(-c3cc4nccnc4c(OC[C@@H]4CN(S(C)(=O)=O)CCO4)n3)cc2)CC1. The molecule has 4 heterocycles. The first-order chi connectivity index (χ1) is 18.1. The number of aromatic nitrogens is 3. The molecule has 0 aliphatic carbocycles. The van der Waals surface area contributed by atoms with Gasteiger partial charge in [-0.3, -0.25) is 4.98 Å². The number of hydrogen-bond acceptors (Lipinski definition) is 9. The van der Waals surface area contributed by atoms with Gasteiger partial charge in [0.1, 0.15) is 12.7 Å². The molecule has 0 bridgehead atoms. The Morgan fingerprint density at radius 3 is 2.50 bits per heavy atom. The standard InChI is InChI=1S/C27H35N5O5S/c1-27(2,33)20-8-12-31(13-9-20)21-6-4-19(5-7-21)23-16-24-25(29-11-10-28-24)26(30-23)37-18-22-17-32(14-15-36-22)38(3,34)35/h4-7,10-11,16,20,22,33H,8-9,12-15,17-18H2,1-3H3/t22-/m0/s1. The van der Waals surface area contributed by atoms with Crippen molar-refractivity contribution in [3.63, 3.8) is 0 Å². The van der Waals surface area contributed by atoms with Gasteiger partial charge >= 0.3 is 0 Å². The van der Waals surface area contributed by atoms with Crippen molar-refractivity contribution in [3.8, 4) is 17.1 Å². The van der Waals surface area contributed by atoms with Crippen LogP contribution >= 0.6 is 0 Å². The van der Waals surface area contributed by atoms with Gasteiger partial charge < -0.3 is 19.5 Å². The summed E-state index contributed by atoms with van der Waals surface area (Å²) in [6.07, 6.45) is 5.94. The highest BCUT2D eigenvalue weighted by Crippen LogP contribution is 2.32. The molecule has 1 aromatic carbocycles. The summed E-state index contributed by atoms with van der Waals surface area (Å²) in [5, 5.41) is 10.3. The van der Waals surface area contributed by atoms with Gasteiger partial charge in [0.15, 0.2) is 5.52 Å². The van der Waals surface area contributed by atoms with Crippen molar-refractivity contribution in [1.82, 2.24) is 19.3 Å². The lowest BCUT2D eigenvalue weighted by Crippen LogP contribution is -2.47. The van der Waals surface area contributed by atoms with E-state index in [0.717, 1.165) is 37.2 Å². The van der Waals surface area contributed by atoms with Gasteiger partial charge in [-0.2, -0.15) is 4.31 Å². The van der Waals surface area contributed by atoms with Crippen LogP contribution in [0.1, 0.15) is 26.7 Å². The largest absolute Gasteiger partial charge is 0.473 e. The molecule has 2 aliphatic heterocycles. The monoisotopic (exact) mass is 541 g/mol. The van der Waals surface area contributed by atoms with Crippen LogP contribution in [0.5, 0.6) is 5.88 Å². The minimum Gasteiger partial charge on any atom is -0.473 e. The number of morpholine rings is 1. The summed E-state index contributed by atoms with van der Waals surface area (Å²) in [5.41, 5.74) is 3.34. The maximum atomic E-state index is 11.9. The van der Waals surface area contributed by atoms with Crippen molar-refractivity contribution in [1.29, 1.82) is 0 Å². The van der Waals surface area contributed by atoms with Gasteiger partial charge in [0.05, 0.1) is 29.7 Å². The highest BCUT2D eigenvalue weighted by Gasteiger charge is 2.31. The van der Waals surface area contributed by atoms with Crippen LogP contribution in [0.3, 0.4) is 0 Å². The molecule has 1 N–H and O–H groups in total. The summed E-state index contributed by atoms with van der Waals surface area (Å²) in [6.45, 7) is 6.65. The molecule has 3 aromatic rings. The van der Waals surface area contributed by atoms with Gasteiger partial charge in [0.2, 0.25) is 15.9 Å². The van der Waals surface area contributed by atoms with Crippen molar-refractivity contribution < 1.29 is 23.0 Å². The van der Waals surface area contributed by atoms with E-state index >= 15 is 0 Å². The number of hydrogen-bond donors (Lipinski definition) is 1. The molecular weight excluding hydrogens is 506 g/mol. The predicted octanol–water partition coefficient (Wildman–Crippen LogP) is 2.72. The molecule has 0 radical (unpaired) electrons. The average molecular weight is 542 g/mol. The quantitative estimate of drug-likeness (QED) is 0.482. The van der Waals surface area contributed by atoms with Crippen LogP contribution in [0.4, 0.5) is 5.69 Å². The predicted molar refractivity (Wildman–Crippen MR) is 146 cm³/mol. The van der Waals surface area contributed by atoms with Gasteiger partial charge in [0, 0.05) is 49.8 Å². The topological polar surface area (TPSA) is 118 Å². The molecule has 0 unspecified atom stereocenters. The van der Waals surface area contributed by atoms with E-state index in [2.05, 4.69) is 27.0 Å². The van der Waals surface area contributed by atoms with E-state index in [0.29, 0.717) is 41.7 Å². The third kappa shape index (κ3) is 6.06. The molecule has 2 aliphatic rings. The number of piperidine rings is 1. The van der Waals surface area contributed by atoms with Crippen LogP contribution in [-0.4, -0.2) is 90.1 Å².